The monoisotopic (exact) mass is 328 g/mol. The first-order valence-electron chi connectivity index (χ1n) is 8.35. The van der Waals surface area contributed by atoms with Gasteiger partial charge in [-0.2, -0.15) is 0 Å². The van der Waals surface area contributed by atoms with E-state index in [1.54, 1.807) is 12.4 Å². The Kier molecular flexibility index (Phi) is 5.48. The topological polar surface area (TPSA) is 59.5 Å². The van der Waals surface area contributed by atoms with Crippen LogP contribution in [0.4, 0.5) is 5.82 Å². The molecule has 1 unspecified atom stereocenters. The molecule has 2 heterocycles. The Bertz CT molecular complexity index is 642. The Morgan fingerprint density at radius 3 is 2.58 bits per heavy atom. The number of anilines is 1. The van der Waals surface area contributed by atoms with Crippen molar-refractivity contribution in [2.24, 2.45) is 0 Å². The lowest BCUT2D eigenvalue weighted by Gasteiger charge is -2.29. The minimum atomic E-state index is -0.121. The molecule has 1 N–H and O–H groups in total. The molecule has 0 radical (unpaired) electrons. The third kappa shape index (κ3) is 4.35. The third-order valence-corrected chi connectivity index (χ3v) is 3.88. The van der Waals surface area contributed by atoms with Gasteiger partial charge in [0.1, 0.15) is 18.5 Å². The SMILES string of the molecule is Cc1ccc(OCC(C)Oc2nccnc2N2CCNCC2)cc1. The second-order valence-corrected chi connectivity index (χ2v) is 5.97. The lowest BCUT2D eigenvalue weighted by Crippen LogP contribution is -2.44. The number of aromatic nitrogens is 2. The fraction of sp³-hybridized carbons (Fsp3) is 0.444. The van der Waals surface area contributed by atoms with E-state index in [4.69, 9.17) is 9.47 Å². The van der Waals surface area contributed by atoms with Gasteiger partial charge in [-0.15, -0.1) is 0 Å². The molecule has 1 aliphatic heterocycles. The van der Waals surface area contributed by atoms with Crippen molar-refractivity contribution in [1.82, 2.24) is 15.3 Å². The zero-order chi connectivity index (χ0) is 16.8. The Balaban J connectivity index is 1.59. The van der Waals surface area contributed by atoms with Crippen LogP contribution in [0, 0.1) is 6.92 Å². The summed E-state index contributed by atoms with van der Waals surface area (Å²) in [5.74, 6) is 2.22. The minimum Gasteiger partial charge on any atom is -0.490 e. The maximum Gasteiger partial charge on any atom is 0.258 e. The Morgan fingerprint density at radius 2 is 1.83 bits per heavy atom. The number of nitrogens with zero attached hydrogens (tertiary/aromatic N) is 3. The molecule has 3 rings (SSSR count). The largest absolute Gasteiger partial charge is 0.490 e. The van der Waals surface area contributed by atoms with Gasteiger partial charge in [0.2, 0.25) is 0 Å². The summed E-state index contributed by atoms with van der Waals surface area (Å²) in [6.45, 7) is 8.20. The number of aryl methyl sites for hydroxylation is 1. The van der Waals surface area contributed by atoms with Gasteiger partial charge in [-0.3, -0.25) is 0 Å². The van der Waals surface area contributed by atoms with Crippen molar-refractivity contribution in [3.05, 3.63) is 42.2 Å². The number of piperazine rings is 1. The molecule has 24 heavy (non-hydrogen) atoms. The summed E-state index contributed by atoms with van der Waals surface area (Å²) in [6.07, 6.45) is 3.25. The third-order valence-electron chi connectivity index (χ3n) is 3.88. The van der Waals surface area contributed by atoms with E-state index in [-0.39, 0.29) is 6.10 Å². The molecule has 6 heteroatoms. The Labute approximate surface area is 142 Å². The summed E-state index contributed by atoms with van der Waals surface area (Å²) in [7, 11) is 0. The fourth-order valence-corrected chi connectivity index (χ4v) is 2.57. The molecule has 0 aliphatic carbocycles. The van der Waals surface area contributed by atoms with E-state index in [0.717, 1.165) is 37.7 Å². The molecule has 1 aromatic heterocycles. The molecule has 1 fully saturated rings. The number of hydrogen-bond acceptors (Lipinski definition) is 6. The molecule has 1 aromatic carbocycles. The predicted octanol–water partition coefficient (Wildman–Crippen LogP) is 2.04. The zero-order valence-electron chi connectivity index (χ0n) is 14.2. The van der Waals surface area contributed by atoms with Gasteiger partial charge in [-0.1, -0.05) is 17.7 Å². The first kappa shape index (κ1) is 16.5. The molecule has 6 nitrogen and oxygen atoms in total. The molecule has 0 bridgehead atoms. The quantitative estimate of drug-likeness (QED) is 0.876. The van der Waals surface area contributed by atoms with E-state index in [1.165, 1.54) is 5.56 Å². The van der Waals surface area contributed by atoms with Gasteiger partial charge < -0.3 is 19.7 Å². The van der Waals surface area contributed by atoms with Gasteiger partial charge in [0.25, 0.3) is 5.88 Å². The van der Waals surface area contributed by atoms with Gasteiger partial charge in [-0.25, -0.2) is 9.97 Å². The summed E-state index contributed by atoms with van der Waals surface area (Å²) in [5.41, 5.74) is 1.21. The van der Waals surface area contributed by atoms with Crippen molar-refractivity contribution in [2.45, 2.75) is 20.0 Å². The Hall–Kier alpha value is -2.34. The van der Waals surface area contributed by atoms with Crippen molar-refractivity contribution < 1.29 is 9.47 Å². The van der Waals surface area contributed by atoms with Crippen LogP contribution in [0.2, 0.25) is 0 Å². The molecule has 1 saturated heterocycles. The lowest BCUT2D eigenvalue weighted by molar-refractivity contribution is 0.138. The van der Waals surface area contributed by atoms with Crippen LogP contribution in [0.25, 0.3) is 0 Å². The van der Waals surface area contributed by atoms with Crippen LogP contribution in [0.5, 0.6) is 11.6 Å². The smallest absolute Gasteiger partial charge is 0.258 e. The van der Waals surface area contributed by atoms with E-state index in [0.29, 0.717) is 12.5 Å². The highest BCUT2D eigenvalue weighted by molar-refractivity contribution is 5.48. The lowest BCUT2D eigenvalue weighted by atomic mass is 10.2. The van der Waals surface area contributed by atoms with Crippen LogP contribution < -0.4 is 19.7 Å². The molecular weight excluding hydrogens is 304 g/mol. The van der Waals surface area contributed by atoms with Crippen LogP contribution in [0.15, 0.2) is 36.7 Å². The first-order chi connectivity index (χ1) is 11.7. The molecule has 0 spiro atoms. The summed E-state index contributed by atoms with van der Waals surface area (Å²) in [4.78, 5) is 11.0. The van der Waals surface area contributed by atoms with Gasteiger partial charge in [-0.05, 0) is 26.0 Å². The van der Waals surface area contributed by atoms with Crippen LogP contribution in [-0.2, 0) is 0 Å². The molecule has 0 amide bonds. The van der Waals surface area contributed by atoms with Crippen molar-refractivity contribution >= 4 is 5.82 Å². The van der Waals surface area contributed by atoms with E-state index in [2.05, 4.69) is 27.1 Å². The maximum atomic E-state index is 5.98. The molecule has 1 aliphatic rings. The van der Waals surface area contributed by atoms with Crippen LogP contribution in [0.1, 0.15) is 12.5 Å². The average Bonchev–Trinajstić information content (AvgIpc) is 2.62. The van der Waals surface area contributed by atoms with Crippen LogP contribution in [0.3, 0.4) is 0 Å². The molecule has 2 aromatic rings. The van der Waals surface area contributed by atoms with E-state index < -0.39 is 0 Å². The summed E-state index contributed by atoms with van der Waals surface area (Å²) in [6, 6.07) is 8.01. The highest BCUT2D eigenvalue weighted by Crippen LogP contribution is 2.24. The Morgan fingerprint density at radius 1 is 1.12 bits per heavy atom. The summed E-state index contributed by atoms with van der Waals surface area (Å²) in [5, 5.41) is 3.34. The predicted molar refractivity (Wildman–Crippen MR) is 93.9 cm³/mol. The normalized spacial score (nSPS) is 15.8. The highest BCUT2D eigenvalue weighted by Gasteiger charge is 2.19. The van der Waals surface area contributed by atoms with Crippen LogP contribution in [-0.4, -0.2) is 48.9 Å². The van der Waals surface area contributed by atoms with E-state index in [1.807, 2.05) is 31.2 Å². The van der Waals surface area contributed by atoms with Crippen molar-refractivity contribution in [3.8, 4) is 11.6 Å². The number of hydrogen-bond donors (Lipinski definition) is 1. The number of benzene rings is 1. The van der Waals surface area contributed by atoms with Crippen molar-refractivity contribution in [2.75, 3.05) is 37.7 Å². The minimum absolute atomic E-state index is 0.121. The van der Waals surface area contributed by atoms with E-state index >= 15 is 0 Å². The number of ether oxygens (including phenoxy) is 2. The zero-order valence-corrected chi connectivity index (χ0v) is 14.2. The first-order valence-corrected chi connectivity index (χ1v) is 8.35. The standard InChI is InChI=1S/C18H24N4O2/c1-14-3-5-16(6-4-14)23-13-15(2)24-18-17(20-7-8-21-18)22-11-9-19-10-12-22/h3-8,15,19H,9-13H2,1-2H3. The molecular formula is C18H24N4O2. The van der Waals surface area contributed by atoms with Crippen molar-refractivity contribution in [3.63, 3.8) is 0 Å². The van der Waals surface area contributed by atoms with Gasteiger partial charge >= 0.3 is 0 Å². The second-order valence-electron chi connectivity index (χ2n) is 5.97. The summed E-state index contributed by atoms with van der Waals surface area (Å²) >= 11 is 0. The average molecular weight is 328 g/mol. The number of rotatable bonds is 6. The van der Waals surface area contributed by atoms with E-state index in [9.17, 15) is 0 Å². The highest BCUT2D eigenvalue weighted by atomic mass is 16.5. The van der Waals surface area contributed by atoms with Gasteiger partial charge in [0.05, 0.1) is 0 Å². The fourth-order valence-electron chi connectivity index (χ4n) is 2.57. The van der Waals surface area contributed by atoms with Gasteiger partial charge in [0.15, 0.2) is 5.82 Å². The molecule has 128 valence electrons. The van der Waals surface area contributed by atoms with Crippen molar-refractivity contribution in [1.29, 1.82) is 0 Å². The molecule has 1 atom stereocenters. The van der Waals surface area contributed by atoms with Crippen LogP contribution >= 0.6 is 0 Å². The second kappa shape index (κ2) is 7.97. The van der Waals surface area contributed by atoms with Gasteiger partial charge in [0, 0.05) is 38.6 Å². The maximum absolute atomic E-state index is 5.98. The number of nitrogens with one attached hydrogen (secondary N) is 1. The summed E-state index contributed by atoms with van der Waals surface area (Å²) < 4.78 is 11.8. The molecule has 0 saturated carbocycles.